The smallest absolute Gasteiger partial charge is 0.325 e. The molecular weight excluding hydrogens is 308 g/mol. The minimum absolute atomic E-state index is 0.0720. The average molecular weight is 336 g/mol. The molecule has 0 bridgehead atoms. The lowest BCUT2D eigenvalue weighted by molar-refractivity contribution is -0.121. The SMILES string of the molecule is Cc1[nH]c(=O)[nH]c(=O)c1CCC(=O)NCC(C)N1CCC(C)CC1. The lowest BCUT2D eigenvalue weighted by Gasteiger charge is -2.35. The summed E-state index contributed by atoms with van der Waals surface area (Å²) in [5.74, 6) is 0.721. The number of likely N-dealkylation sites (tertiary alicyclic amines) is 1. The number of H-pyrrole nitrogens is 2. The molecule has 0 saturated carbocycles. The normalized spacial score (nSPS) is 17.6. The number of amides is 1. The van der Waals surface area contributed by atoms with Crippen LogP contribution >= 0.6 is 0 Å². The molecule has 1 amide bonds. The molecule has 1 aromatic rings. The Kier molecular flexibility index (Phi) is 6.36. The van der Waals surface area contributed by atoms with Gasteiger partial charge in [-0.25, -0.2) is 4.79 Å². The summed E-state index contributed by atoms with van der Waals surface area (Å²) in [5, 5.41) is 2.95. The van der Waals surface area contributed by atoms with Crippen LogP contribution in [-0.4, -0.2) is 46.5 Å². The van der Waals surface area contributed by atoms with Crippen LogP contribution in [0, 0.1) is 12.8 Å². The van der Waals surface area contributed by atoms with Crippen molar-refractivity contribution in [3.8, 4) is 0 Å². The highest BCUT2D eigenvalue weighted by Crippen LogP contribution is 2.17. The summed E-state index contributed by atoms with van der Waals surface area (Å²) >= 11 is 0. The average Bonchev–Trinajstić information content (AvgIpc) is 2.52. The lowest BCUT2D eigenvalue weighted by Crippen LogP contribution is -2.45. The molecule has 2 heterocycles. The van der Waals surface area contributed by atoms with Gasteiger partial charge in [0.1, 0.15) is 0 Å². The minimum Gasteiger partial charge on any atom is -0.355 e. The maximum absolute atomic E-state index is 12.0. The molecule has 24 heavy (non-hydrogen) atoms. The lowest BCUT2D eigenvalue weighted by atomic mass is 9.98. The highest BCUT2D eigenvalue weighted by molar-refractivity contribution is 5.76. The van der Waals surface area contributed by atoms with Crippen LogP contribution < -0.4 is 16.6 Å². The largest absolute Gasteiger partial charge is 0.355 e. The monoisotopic (exact) mass is 336 g/mol. The van der Waals surface area contributed by atoms with Gasteiger partial charge in [-0.3, -0.25) is 19.5 Å². The fraction of sp³-hybridized carbons (Fsp3) is 0.706. The third-order valence-corrected chi connectivity index (χ3v) is 4.89. The third-order valence-electron chi connectivity index (χ3n) is 4.89. The molecular formula is C17H28N4O3. The van der Waals surface area contributed by atoms with Crippen molar-refractivity contribution in [3.63, 3.8) is 0 Å². The Bertz CT molecular complexity index is 671. The van der Waals surface area contributed by atoms with E-state index < -0.39 is 11.2 Å². The number of carbonyl (C=O) groups excluding carboxylic acids is 1. The first-order valence-electron chi connectivity index (χ1n) is 8.69. The summed E-state index contributed by atoms with van der Waals surface area (Å²) in [6, 6.07) is 0.319. The van der Waals surface area contributed by atoms with Crippen molar-refractivity contribution in [2.45, 2.75) is 52.5 Å². The van der Waals surface area contributed by atoms with Crippen molar-refractivity contribution >= 4 is 5.91 Å². The standard InChI is InChI=1S/C17H28N4O3/c1-11-6-8-21(9-7-11)12(2)10-18-15(22)5-4-14-13(3)19-17(24)20-16(14)23/h11-12H,4-10H2,1-3H3,(H,18,22)(H2,19,20,23,24). The van der Waals surface area contributed by atoms with Crippen LogP contribution in [0.1, 0.15) is 44.4 Å². The quantitative estimate of drug-likeness (QED) is 0.706. The van der Waals surface area contributed by atoms with Crippen molar-refractivity contribution in [1.29, 1.82) is 0 Å². The molecule has 1 fully saturated rings. The molecule has 1 saturated heterocycles. The van der Waals surface area contributed by atoms with Crippen molar-refractivity contribution in [1.82, 2.24) is 20.2 Å². The zero-order chi connectivity index (χ0) is 17.7. The van der Waals surface area contributed by atoms with E-state index in [-0.39, 0.29) is 12.3 Å². The Balaban J connectivity index is 1.78. The van der Waals surface area contributed by atoms with E-state index in [4.69, 9.17) is 0 Å². The van der Waals surface area contributed by atoms with Gasteiger partial charge in [0.15, 0.2) is 0 Å². The zero-order valence-electron chi connectivity index (χ0n) is 14.8. The first kappa shape index (κ1) is 18.4. The molecule has 1 atom stereocenters. The Morgan fingerprint density at radius 3 is 2.58 bits per heavy atom. The first-order chi connectivity index (χ1) is 11.4. The fourth-order valence-electron chi connectivity index (χ4n) is 3.11. The van der Waals surface area contributed by atoms with Crippen LogP contribution in [0.5, 0.6) is 0 Å². The third kappa shape index (κ3) is 5.06. The number of carbonyl (C=O) groups is 1. The zero-order valence-corrected chi connectivity index (χ0v) is 14.8. The second kappa shape index (κ2) is 8.28. The summed E-state index contributed by atoms with van der Waals surface area (Å²) in [4.78, 5) is 42.1. The van der Waals surface area contributed by atoms with Gasteiger partial charge in [0.25, 0.3) is 5.56 Å². The van der Waals surface area contributed by atoms with Crippen LogP contribution in [-0.2, 0) is 11.2 Å². The van der Waals surface area contributed by atoms with E-state index in [2.05, 4.69) is 34.0 Å². The number of aryl methyl sites for hydroxylation is 1. The van der Waals surface area contributed by atoms with Gasteiger partial charge in [-0.05, 0) is 52.1 Å². The van der Waals surface area contributed by atoms with E-state index >= 15 is 0 Å². The van der Waals surface area contributed by atoms with Gasteiger partial charge in [0.2, 0.25) is 5.91 Å². The maximum Gasteiger partial charge on any atom is 0.325 e. The number of nitrogens with zero attached hydrogens (tertiary/aromatic N) is 1. The summed E-state index contributed by atoms with van der Waals surface area (Å²) < 4.78 is 0. The summed E-state index contributed by atoms with van der Waals surface area (Å²) in [7, 11) is 0. The number of aromatic amines is 2. The highest BCUT2D eigenvalue weighted by atomic mass is 16.2. The number of hydrogen-bond acceptors (Lipinski definition) is 4. The molecule has 0 radical (unpaired) electrons. The number of aromatic nitrogens is 2. The number of piperidine rings is 1. The Morgan fingerprint density at radius 1 is 1.29 bits per heavy atom. The van der Waals surface area contributed by atoms with E-state index in [1.165, 1.54) is 12.8 Å². The van der Waals surface area contributed by atoms with E-state index in [0.717, 1.165) is 19.0 Å². The number of hydrogen-bond donors (Lipinski definition) is 3. The van der Waals surface area contributed by atoms with Crippen LogP contribution in [0.4, 0.5) is 0 Å². The molecule has 1 aliphatic heterocycles. The van der Waals surface area contributed by atoms with Crippen LogP contribution in [0.2, 0.25) is 0 Å². The van der Waals surface area contributed by atoms with Gasteiger partial charge in [-0.1, -0.05) is 6.92 Å². The van der Waals surface area contributed by atoms with E-state index in [1.807, 2.05) is 0 Å². The predicted molar refractivity (Wildman–Crippen MR) is 93.2 cm³/mol. The van der Waals surface area contributed by atoms with Gasteiger partial charge < -0.3 is 10.3 Å². The van der Waals surface area contributed by atoms with Crippen LogP contribution in [0.3, 0.4) is 0 Å². The molecule has 7 heteroatoms. The molecule has 0 aliphatic carbocycles. The number of nitrogens with one attached hydrogen (secondary N) is 3. The summed E-state index contributed by atoms with van der Waals surface area (Å²) in [5.41, 5.74) is 0.0467. The van der Waals surface area contributed by atoms with Gasteiger partial charge in [-0.2, -0.15) is 0 Å². The fourth-order valence-corrected chi connectivity index (χ4v) is 3.11. The predicted octanol–water partition coefficient (Wildman–Crippen LogP) is 0.541. The topological polar surface area (TPSA) is 98.1 Å². The van der Waals surface area contributed by atoms with Crippen molar-refractivity contribution in [2.75, 3.05) is 19.6 Å². The maximum atomic E-state index is 12.0. The molecule has 0 spiro atoms. The van der Waals surface area contributed by atoms with Gasteiger partial charge in [0, 0.05) is 30.3 Å². The molecule has 1 unspecified atom stereocenters. The second-order valence-electron chi connectivity index (χ2n) is 6.88. The van der Waals surface area contributed by atoms with Gasteiger partial charge in [-0.15, -0.1) is 0 Å². The highest BCUT2D eigenvalue weighted by Gasteiger charge is 2.20. The number of rotatable bonds is 6. The molecule has 3 N–H and O–H groups in total. The van der Waals surface area contributed by atoms with E-state index in [9.17, 15) is 14.4 Å². The summed E-state index contributed by atoms with van der Waals surface area (Å²) in [6.45, 7) is 8.88. The van der Waals surface area contributed by atoms with Crippen molar-refractivity contribution in [2.24, 2.45) is 5.92 Å². The van der Waals surface area contributed by atoms with Crippen LogP contribution in [0.15, 0.2) is 9.59 Å². The van der Waals surface area contributed by atoms with Crippen molar-refractivity contribution < 1.29 is 4.79 Å². The van der Waals surface area contributed by atoms with E-state index in [0.29, 0.717) is 30.3 Å². The Hall–Kier alpha value is -1.89. The Morgan fingerprint density at radius 2 is 1.96 bits per heavy atom. The molecule has 1 aromatic heterocycles. The van der Waals surface area contributed by atoms with Crippen molar-refractivity contribution in [3.05, 3.63) is 32.1 Å². The molecule has 7 nitrogen and oxygen atoms in total. The molecule has 134 valence electrons. The first-order valence-corrected chi connectivity index (χ1v) is 8.69. The van der Waals surface area contributed by atoms with E-state index in [1.54, 1.807) is 6.92 Å². The second-order valence-corrected chi connectivity index (χ2v) is 6.88. The van der Waals surface area contributed by atoms with Gasteiger partial charge in [0.05, 0.1) is 0 Å². The molecule has 2 rings (SSSR count). The Labute approximate surface area is 141 Å². The minimum atomic E-state index is -0.518. The molecule has 1 aliphatic rings. The van der Waals surface area contributed by atoms with Crippen LogP contribution in [0.25, 0.3) is 0 Å². The van der Waals surface area contributed by atoms with Gasteiger partial charge >= 0.3 is 5.69 Å². The molecule has 0 aromatic carbocycles. The summed E-state index contributed by atoms with van der Waals surface area (Å²) in [6.07, 6.45) is 2.98.